The lowest BCUT2D eigenvalue weighted by Crippen LogP contribution is -2.36. The van der Waals surface area contributed by atoms with Crippen molar-refractivity contribution < 1.29 is 4.79 Å². The molecule has 0 amide bonds. The monoisotopic (exact) mass is 139 g/mol. The fraction of sp³-hybridized carbons (Fsp3) is 0.625. The minimum atomic E-state index is -0.00778. The number of ketones is 1. The maximum atomic E-state index is 10.8. The lowest BCUT2D eigenvalue weighted by atomic mass is 10.1. The van der Waals surface area contributed by atoms with Crippen LogP contribution in [-0.4, -0.2) is 17.9 Å². The van der Waals surface area contributed by atoms with Crippen LogP contribution in [0, 0.1) is 0 Å². The first-order chi connectivity index (χ1) is 4.60. The molecule has 0 aliphatic carbocycles. The van der Waals surface area contributed by atoms with Crippen molar-refractivity contribution in [1.82, 2.24) is 5.32 Å². The van der Waals surface area contributed by atoms with Gasteiger partial charge in [0.1, 0.15) is 0 Å². The average molecular weight is 139 g/mol. The highest BCUT2D eigenvalue weighted by molar-refractivity contribution is 5.90. The van der Waals surface area contributed by atoms with E-state index in [1.54, 1.807) is 6.08 Å². The number of carbonyl (C=O) groups is 1. The van der Waals surface area contributed by atoms with Gasteiger partial charge in [-0.3, -0.25) is 4.79 Å². The standard InChI is InChI=1S/C8H13NO/c1-8(2)5-3-7(10)4-6-9-8/h3,5,9H,4,6H2,1-2H3. The summed E-state index contributed by atoms with van der Waals surface area (Å²) in [5, 5.41) is 3.24. The summed E-state index contributed by atoms with van der Waals surface area (Å²) < 4.78 is 0. The molecule has 1 aliphatic heterocycles. The van der Waals surface area contributed by atoms with Crippen LogP contribution in [0.3, 0.4) is 0 Å². The van der Waals surface area contributed by atoms with Gasteiger partial charge in [0.05, 0.1) is 0 Å². The van der Waals surface area contributed by atoms with Crippen molar-refractivity contribution in [1.29, 1.82) is 0 Å². The van der Waals surface area contributed by atoms with Crippen molar-refractivity contribution in [3.05, 3.63) is 12.2 Å². The van der Waals surface area contributed by atoms with Crippen LogP contribution in [0.4, 0.5) is 0 Å². The zero-order valence-corrected chi connectivity index (χ0v) is 6.48. The second-order valence-electron chi connectivity index (χ2n) is 3.20. The Morgan fingerprint density at radius 3 is 3.00 bits per heavy atom. The van der Waals surface area contributed by atoms with Gasteiger partial charge in [-0.25, -0.2) is 0 Å². The van der Waals surface area contributed by atoms with Crippen LogP contribution in [0.15, 0.2) is 12.2 Å². The van der Waals surface area contributed by atoms with Gasteiger partial charge in [-0.05, 0) is 19.9 Å². The van der Waals surface area contributed by atoms with E-state index in [2.05, 4.69) is 19.2 Å². The fourth-order valence-electron chi connectivity index (χ4n) is 0.951. The van der Waals surface area contributed by atoms with Gasteiger partial charge in [0.2, 0.25) is 0 Å². The number of hydrogen-bond acceptors (Lipinski definition) is 2. The lowest BCUT2D eigenvalue weighted by molar-refractivity contribution is -0.114. The molecule has 1 aliphatic rings. The molecule has 0 radical (unpaired) electrons. The second-order valence-corrected chi connectivity index (χ2v) is 3.20. The first kappa shape index (κ1) is 7.48. The number of nitrogens with one attached hydrogen (secondary N) is 1. The van der Waals surface area contributed by atoms with Crippen molar-refractivity contribution >= 4 is 5.78 Å². The third kappa shape index (κ3) is 1.95. The van der Waals surface area contributed by atoms with E-state index in [9.17, 15) is 4.79 Å². The van der Waals surface area contributed by atoms with Crippen molar-refractivity contribution in [2.24, 2.45) is 0 Å². The summed E-state index contributed by atoms with van der Waals surface area (Å²) in [6.45, 7) is 4.91. The Labute approximate surface area is 61.3 Å². The van der Waals surface area contributed by atoms with Gasteiger partial charge in [-0.1, -0.05) is 6.08 Å². The molecular weight excluding hydrogens is 126 g/mol. The summed E-state index contributed by atoms with van der Waals surface area (Å²) >= 11 is 0. The second kappa shape index (κ2) is 2.54. The molecule has 0 atom stereocenters. The highest BCUT2D eigenvalue weighted by Gasteiger charge is 2.15. The molecule has 1 rings (SSSR count). The SMILES string of the molecule is CC1(C)C=CC(=O)CCN1. The van der Waals surface area contributed by atoms with Crippen LogP contribution in [-0.2, 0) is 4.79 Å². The predicted octanol–water partition coefficient (Wildman–Crippen LogP) is 0.884. The number of rotatable bonds is 0. The fourth-order valence-corrected chi connectivity index (χ4v) is 0.951. The Hall–Kier alpha value is -0.630. The molecule has 0 aromatic carbocycles. The predicted molar refractivity (Wildman–Crippen MR) is 40.8 cm³/mol. The summed E-state index contributed by atoms with van der Waals surface area (Å²) in [5.41, 5.74) is -0.00778. The first-order valence-corrected chi connectivity index (χ1v) is 3.57. The van der Waals surface area contributed by atoms with E-state index < -0.39 is 0 Å². The average Bonchev–Trinajstić information content (AvgIpc) is 1.94. The van der Waals surface area contributed by atoms with Crippen LogP contribution in [0.1, 0.15) is 20.3 Å². The molecule has 2 heteroatoms. The van der Waals surface area contributed by atoms with E-state index in [0.29, 0.717) is 6.42 Å². The topological polar surface area (TPSA) is 29.1 Å². The third-order valence-corrected chi connectivity index (χ3v) is 1.64. The van der Waals surface area contributed by atoms with E-state index in [1.807, 2.05) is 6.08 Å². The zero-order chi connectivity index (χ0) is 7.61. The highest BCUT2D eigenvalue weighted by atomic mass is 16.1. The minimum Gasteiger partial charge on any atom is -0.308 e. The Kier molecular flexibility index (Phi) is 1.90. The van der Waals surface area contributed by atoms with Crippen molar-refractivity contribution in [3.8, 4) is 0 Å². The van der Waals surface area contributed by atoms with Gasteiger partial charge in [0.15, 0.2) is 5.78 Å². The molecule has 1 N–H and O–H groups in total. The Morgan fingerprint density at radius 2 is 2.30 bits per heavy atom. The summed E-state index contributed by atoms with van der Waals surface area (Å²) in [4.78, 5) is 10.8. The Bertz CT molecular complexity index is 170. The molecule has 0 aromatic rings. The molecule has 0 spiro atoms. The highest BCUT2D eigenvalue weighted by Crippen LogP contribution is 2.07. The Morgan fingerprint density at radius 1 is 1.60 bits per heavy atom. The largest absolute Gasteiger partial charge is 0.308 e. The summed E-state index contributed by atoms with van der Waals surface area (Å²) in [6.07, 6.45) is 4.21. The molecule has 10 heavy (non-hydrogen) atoms. The van der Waals surface area contributed by atoms with Gasteiger partial charge in [0.25, 0.3) is 0 Å². The zero-order valence-electron chi connectivity index (χ0n) is 6.48. The molecule has 0 bridgehead atoms. The van der Waals surface area contributed by atoms with Gasteiger partial charge in [-0.15, -0.1) is 0 Å². The van der Waals surface area contributed by atoms with E-state index in [-0.39, 0.29) is 11.3 Å². The van der Waals surface area contributed by atoms with Crippen LogP contribution in [0.25, 0.3) is 0 Å². The number of carbonyl (C=O) groups excluding carboxylic acids is 1. The first-order valence-electron chi connectivity index (χ1n) is 3.57. The molecule has 0 saturated carbocycles. The Balaban J connectivity index is 2.68. The molecule has 0 aromatic heterocycles. The maximum absolute atomic E-state index is 10.8. The number of allylic oxidation sites excluding steroid dienone is 1. The molecular formula is C8H13NO. The van der Waals surface area contributed by atoms with Crippen molar-refractivity contribution in [2.75, 3.05) is 6.54 Å². The minimum absolute atomic E-state index is 0.00778. The number of hydrogen-bond donors (Lipinski definition) is 1. The van der Waals surface area contributed by atoms with Crippen LogP contribution in [0.5, 0.6) is 0 Å². The molecule has 0 saturated heterocycles. The van der Waals surface area contributed by atoms with Crippen LogP contribution >= 0.6 is 0 Å². The van der Waals surface area contributed by atoms with Crippen LogP contribution < -0.4 is 5.32 Å². The lowest BCUT2D eigenvalue weighted by Gasteiger charge is -2.19. The summed E-state index contributed by atoms with van der Waals surface area (Å²) in [7, 11) is 0. The van der Waals surface area contributed by atoms with Crippen LogP contribution in [0.2, 0.25) is 0 Å². The molecule has 1 heterocycles. The molecule has 0 unspecified atom stereocenters. The quantitative estimate of drug-likeness (QED) is 0.540. The van der Waals surface area contributed by atoms with E-state index in [0.717, 1.165) is 6.54 Å². The van der Waals surface area contributed by atoms with Gasteiger partial charge < -0.3 is 5.32 Å². The third-order valence-electron chi connectivity index (χ3n) is 1.64. The maximum Gasteiger partial charge on any atom is 0.156 e. The van der Waals surface area contributed by atoms with Crippen molar-refractivity contribution in [3.63, 3.8) is 0 Å². The van der Waals surface area contributed by atoms with E-state index in [1.165, 1.54) is 0 Å². The van der Waals surface area contributed by atoms with E-state index >= 15 is 0 Å². The van der Waals surface area contributed by atoms with Gasteiger partial charge in [-0.2, -0.15) is 0 Å². The van der Waals surface area contributed by atoms with Gasteiger partial charge >= 0.3 is 0 Å². The van der Waals surface area contributed by atoms with Crippen molar-refractivity contribution in [2.45, 2.75) is 25.8 Å². The molecule has 0 fully saturated rings. The summed E-state index contributed by atoms with van der Waals surface area (Å²) in [5.74, 6) is 0.220. The van der Waals surface area contributed by atoms with Gasteiger partial charge in [0, 0.05) is 18.5 Å². The molecule has 56 valence electrons. The van der Waals surface area contributed by atoms with E-state index in [4.69, 9.17) is 0 Å². The smallest absolute Gasteiger partial charge is 0.156 e. The molecule has 2 nitrogen and oxygen atoms in total. The summed E-state index contributed by atoms with van der Waals surface area (Å²) in [6, 6.07) is 0. The normalized spacial score (nSPS) is 24.4.